The Morgan fingerprint density at radius 2 is 1.58 bits per heavy atom. The van der Waals surface area contributed by atoms with Crippen LogP contribution in [-0.2, 0) is 11.5 Å². The Morgan fingerprint density at radius 3 is 2.29 bits per heavy atom. The molecule has 3 aromatic rings. The molecule has 0 saturated heterocycles. The SMILES string of the molecule is Clc1cnc2nc1Nc1cccc(c1)CSCc1cccc(c1)N2. The van der Waals surface area contributed by atoms with E-state index in [1.54, 1.807) is 6.20 Å². The van der Waals surface area contributed by atoms with Crippen LogP contribution in [0.15, 0.2) is 54.7 Å². The zero-order valence-electron chi connectivity index (χ0n) is 12.8. The molecule has 2 aromatic carbocycles. The molecule has 1 aliphatic rings. The van der Waals surface area contributed by atoms with E-state index in [2.05, 4.69) is 44.9 Å². The lowest BCUT2D eigenvalue weighted by molar-refractivity contribution is 1.16. The lowest BCUT2D eigenvalue weighted by Gasteiger charge is -2.13. The van der Waals surface area contributed by atoms with Crippen molar-refractivity contribution in [3.8, 4) is 0 Å². The molecule has 0 unspecified atom stereocenters. The highest BCUT2D eigenvalue weighted by Gasteiger charge is 2.08. The molecule has 2 N–H and O–H groups in total. The second-order valence-corrected chi connectivity index (χ2v) is 6.93. The zero-order valence-corrected chi connectivity index (χ0v) is 14.4. The molecule has 0 fully saturated rings. The molecule has 0 atom stereocenters. The molecular weight excluding hydrogens is 340 g/mol. The van der Waals surface area contributed by atoms with Crippen LogP contribution in [0.4, 0.5) is 23.1 Å². The van der Waals surface area contributed by atoms with Crippen molar-refractivity contribution >= 4 is 46.5 Å². The Bertz CT molecular complexity index is 884. The number of fused-ring (bicyclic) bond motifs is 6. The maximum atomic E-state index is 6.24. The molecule has 4 rings (SSSR count). The van der Waals surface area contributed by atoms with Gasteiger partial charge in [0.15, 0.2) is 5.82 Å². The van der Waals surface area contributed by atoms with Gasteiger partial charge in [0.2, 0.25) is 5.95 Å². The predicted octanol–water partition coefficient (Wildman–Crippen LogP) is 5.36. The van der Waals surface area contributed by atoms with E-state index in [4.69, 9.17) is 11.6 Å². The number of thioether (sulfide) groups is 1. The molecular formula is C18H15ClN4S. The van der Waals surface area contributed by atoms with Gasteiger partial charge < -0.3 is 10.6 Å². The van der Waals surface area contributed by atoms with Crippen molar-refractivity contribution in [1.82, 2.24) is 9.97 Å². The van der Waals surface area contributed by atoms with Crippen molar-refractivity contribution in [2.75, 3.05) is 10.6 Å². The van der Waals surface area contributed by atoms with Crippen molar-refractivity contribution in [1.29, 1.82) is 0 Å². The minimum absolute atomic E-state index is 0.487. The monoisotopic (exact) mass is 354 g/mol. The van der Waals surface area contributed by atoms with Crippen molar-refractivity contribution in [2.45, 2.75) is 11.5 Å². The second-order valence-electron chi connectivity index (χ2n) is 5.53. The van der Waals surface area contributed by atoms with Crippen LogP contribution in [0.5, 0.6) is 0 Å². The highest BCUT2D eigenvalue weighted by Crippen LogP contribution is 2.28. The average Bonchev–Trinajstić information content (AvgIpc) is 2.58. The number of halogens is 1. The summed E-state index contributed by atoms with van der Waals surface area (Å²) in [6.45, 7) is 0. The van der Waals surface area contributed by atoms with E-state index in [9.17, 15) is 0 Å². The summed E-state index contributed by atoms with van der Waals surface area (Å²) in [7, 11) is 0. The molecule has 0 amide bonds. The van der Waals surface area contributed by atoms with Gasteiger partial charge >= 0.3 is 0 Å². The summed E-state index contributed by atoms with van der Waals surface area (Å²) in [6, 6.07) is 16.6. The summed E-state index contributed by atoms with van der Waals surface area (Å²) in [5, 5.41) is 7.01. The molecule has 1 aliphatic heterocycles. The normalized spacial score (nSPS) is 13.4. The number of aromatic nitrogens is 2. The molecule has 4 nitrogen and oxygen atoms in total. The van der Waals surface area contributed by atoms with Crippen LogP contribution >= 0.6 is 23.4 Å². The van der Waals surface area contributed by atoms with Crippen LogP contribution in [0.2, 0.25) is 5.02 Å². The first kappa shape index (κ1) is 15.3. The zero-order chi connectivity index (χ0) is 16.4. The highest BCUT2D eigenvalue weighted by molar-refractivity contribution is 7.97. The lowest BCUT2D eigenvalue weighted by atomic mass is 10.2. The van der Waals surface area contributed by atoms with Crippen LogP contribution in [0.1, 0.15) is 11.1 Å². The van der Waals surface area contributed by atoms with E-state index in [0.29, 0.717) is 16.8 Å². The highest BCUT2D eigenvalue weighted by atomic mass is 35.5. The summed E-state index contributed by atoms with van der Waals surface area (Å²) < 4.78 is 0. The van der Waals surface area contributed by atoms with Gasteiger partial charge in [-0.3, -0.25) is 0 Å². The number of nitrogens with one attached hydrogen (secondary N) is 2. The summed E-state index contributed by atoms with van der Waals surface area (Å²) in [5.41, 5.74) is 4.47. The van der Waals surface area contributed by atoms with Crippen molar-refractivity contribution in [3.63, 3.8) is 0 Å². The minimum Gasteiger partial charge on any atom is -0.339 e. The van der Waals surface area contributed by atoms with Crippen LogP contribution in [0.3, 0.4) is 0 Å². The van der Waals surface area contributed by atoms with Gasteiger partial charge in [-0.2, -0.15) is 16.7 Å². The summed E-state index contributed by atoms with van der Waals surface area (Å²) in [6.07, 6.45) is 1.61. The molecule has 2 heterocycles. The van der Waals surface area contributed by atoms with Crippen LogP contribution in [-0.4, -0.2) is 9.97 Å². The predicted molar refractivity (Wildman–Crippen MR) is 101 cm³/mol. The van der Waals surface area contributed by atoms with E-state index in [1.807, 2.05) is 36.0 Å². The fourth-order valence-corrected chi connectivity index (χ4v) is 3.62. The van der Waals surface area contributed by atoms with Crippen molar-refractivity contribution in [3.05, 3.63) is 70.9 Å². The van der Waals surface area contributed by atoms with Crippen molar-refractivity contribution in [2.24, 2.45) is 0 Å². The summed E-state index contributed by atoms with van der Waals surface area (Å²) >= 11 is 8.13. The lowest BCUT2D eigenvalue weighted by Crippen LogP contribution is -2.02. The smallest absolute Gasteiger partial charge is 0.229 e. The number of rotatable bonds is 0. The summed E-state index contributed by atoms with van der Waals surface area (Å²) in [5.74, 6) is 3.02. The third kappa shape index (κ3) is 3.47. The Kier molecular flexibility index (Phi) is 4.28. The van der Waals surface area contributed by atoms with E-state index >= 15 is 0 Å². The number of hydrogen-bond donors (Lipinski definition) is 2. The van der Waals surface area contributed by atoms with Crippen molar-refractivity contribution < 1.29 is 0 Å². The van der Waals surface area contributed by atoms with Gasteiger partial charge in [0.1, 0.15) is 5.02 Å². The van der Waals surface area contributed by atoms with Gasteiger partial charge in [0.25, 0.3) is 0 Å². The van der Waals surface area contributed by atoms with Gasteiger partial charge in [-0.15, -0.1) is 0 Å². The molecule has 0 saturated carbocycles. The van der Waals surface area contributed by atoms with Gasteiger partial charge in [-0.1, -0.05) is 35.9 Å². The molecule has 1 aromatic heterocycles. The first-order valence-electron chi connectivity index (χ1n) is 7.58. The topological polar surface area (TPSA) is 49.8 Å². The standard InChI is InChI=1S/C18H15ClN4S/c19-16-9-20-18-22-15-6-2-4-13(8-15)11-24-10-12-3-1-5-14(7-12)21-17(16)23-18/h1-9H,10-11H2,(H2,20,21,22,23). The maximum absolute atomic E-state index is 6.24. The van der Waals surface area contributed by atoms with Gasteiger partial charge in [-0.05, 0) is 35.4 Å². The first-order chi connectivity index (χ1) is 11.8. The molecule has 6 heteroatoms. The third-order valence-corrected chi connectivity index (χ3v) is 5.01. The van der Waals surface area contributed by atoms with Gasteiger partial charge in [-0.25, -0.2) is 4.98 Å². The molecule has 0 aliphatic carbocycles. The first-order valence-corrected chi connectivity index (χ1v) is 9.12. The van der Waals surface area contributed by atoms with E-state index in [-0.39, 0.29) is 0 Å². The molecule has 24 heavy (non-hydrogen) atoms. The third-order valence-electron chi connectivity index (χ3n) is 3.65. The Labute approximate surface area is 149 Å². The van der Waals surface area contributed by atoms with Gasteiger partial charge in [0, 0.05) is 22.9 Å². The van der Waals surface area contributed by atoms with E-state index in [0.717, 1.165) is 22.9 Å². The Morgan fingerprint density at radius 1 is 0.917 bits per heavy atom. The van der Waals surface area contributed by atoms with Crippen LogP contribution in [0, 0.1) is 0 Å². The summed E-state index contributed by atoms with van der Waals surface area (Å²) in [4.78, 5) is 8.76. The largest absolute Gasteiger partial charge is 0.339 e. The molecule has 6 bridgehead atoms. The van der Waals surface area contributed by atoms with E-state index in [1.165, 1.54) is 11.1 Å². The van der Waals surface area contributed by atoms with Crippen LogP contribution in [0.25, 0.3) is 0 Å². The van der Waals surface area contributed by atoms with Gasteiger partial charge in [0.05, 0.1) is 6.20 Å². The maximum Gasteiger partial charge on any atom is 0.229 e. The number of anilines is 4. The molecule has 0 radical (unpaired) electrons. The second kappa shape index (κ2) is 6.71. The number of nitrogens with zero attached hydrogens (tertiary/aromatic N) is 2. The number of hydrogen-bond acceptors (Lipinski definition) is 5. The Hall–Kier alpha value is -2.24. The van der Waals surface area contributed by atoms with E-state index < -0.39 is 0 Å². The molecule has 120 valence electrons. The fraction of sp³-hybridized carbons (Fsp3) is 0.111. The molecule has 0 spiro atoms. The quantitative estimate of drug-likeness (QED) is 0.568. The fourth-order valence-electron chi connectivity index (χ4n) is 2.55. The van der Waals surface area contributed by atoms with Crippen LogP contribution < -0.4 is 10.6 Å². The Balaban J connectivity index is 1.77. The minimum atomic E-state index is 0.487. The average molecular weight is 355 g/mol. The number of benzene rings is 2.